The topological polar surface area (TPSA) is 105 Å². The van der Waals surface area contributed by atoms with Crippen LogP contribution in [-0.4, -0.2) is 44.8 Å². The van der Waals surface area contributed by atoms with Gasteiger partial charge in [0.05, 0.1) is 17.5 Å². The first-order valence-corrected chi connectivity index (χ1v) is 6.82. The fraction of sp³-hybridized carbons (Fsp3) is 0.643. The first-order chi connectivity index (χ1) is 9.69. The van der Waals surface area contributed by atoms with Gasteiger partial charge in [0.1, 0.15) is 11.7 Å². The number of aromatic nitrogens is 2. The molecular weight excluding hydrogens is 274 g/mol. The van der Waals surface area contributed by atoms with Gasteiger partial charge in [-0.1, -0.05) is 0 Å². The lowest BCUT2D eigenvalue weighted by Crippen LogP contribution is -2.34. The molecule has 1 rings (SSSR count). The molecule has 0 saturated carbocycles. The van der Waals surface area contributed by atoms with Gasteiger partial charge in [-0.05, 0) is 46.2 Å². The van der Waals surface area contributed by atoms with E-state index in [9.17, 15) is 15.0 Å². The largest absolute Gasteiger partial charge is 0.444 e. The number of aryl methyl sites for hydroxylation is 1. The third-order valence-corrected chi connectivity index (χ3v) is 2.59. The highest BCUT2D eigenvalue weighted by molar-refractivity contribution is 5.67. The normalized spacial score (nSPS) is 14.4. The van der Waals surface area contributed by atoms with Crippen LogP contribution in [0.3, 0.4) is 0 Å². The number of aliphatic hydroxyl groups is 2. The highest BCUT2D eigenvalue weighted by atomic mass is 16.6. The Hall–Kier alpha value is -1.73. The fourth-order valence-corrected chi connectivity index (χ4v) is 1.56. The Morgan fingerprint density at radius 2 is 2.00 bits per heavy atom. The van der Waals surface area contributed by atoms with Crippen molar-refractivity contribution < 1.29 is 19.7 Å². The summed E-state index contributed by atoms with van der Waals surface area (Å²) in [5, 5.41) is 30.0. The van der Waals surface area contributed by atoms with Gasteiger partial charge in [-0.15, -0.1) is 0 Å². The van der Waals surface area contributed by atoms with Crippen LogP contribution in [0.5, 0.6) is 0 Å². The summed E-state index contributed by atoms with van der Waals surface area (Å²) < 4.78 is 5.06. The molecule has 0 spiro atoms. The number of amides is 1. The number of carbonyl (C=O) groups is 1. The molecule has 0 aromatic carbocycles. The minimum Gasteiger partial charge on any atom is -0.444 e. The van der Waals surface area contributed by atoms with E-state index in [0.29, 0.717) is 5.69 Å². The second-order valence-corrected chi connectivity index (χ2v) is 5.83. The minimum atomic E-state index is -1.14. The molecule has 3 N–H and O–H groups in total. The Morgan fingerprint density at radius 3 is 2.52 bits per heavy atom. The van der Waals surface area contributed by atoms with E-state index in [0.717, 1.165) is 5.69 Å². The van der Waals surface area contributed by atoms with Gasteiger partial charge in [-0.3, -0.25) is 0 Å². The van der Waals surface area contributed by atoms with Gasteiger partial charge in [0.15, 0.2) is 0 Å². The van der Waals surface area contributed by atoms with Gasteiger partial charge < -0.3 is 20.3 Å². The van der Waals surface area contributed by atoms with Crippen molar-refractivity contribution in [1.82, 2.24) is 15.5 Å². The first-order valence-electron chi connectivity index (χ1n) is 6.82. The maximum absolute atomic E-state index is 11.4. The number of hydrogen-bond acceptors (Lipinski definition) is 6. The number of hydrogen-bond donors (Lipinski definition) is 3. The van der Waals surface area contributed by atoms with Gasteiger partial charge >= 0.3 is 6.09 Å². The summed E-state index contributed by atoms with van der Waals surface area (Å²) in [6, 6.07) is 3.31. The van der Waals surface area contributed by atoms with Crippen LogP contribution in [0.2, 0.25) is 0 Å². The number of ether oxygens (including phenoxy) is 1. The number of carbonyl (C=O) groups excluding carboxylic acids is 1. The smallest absolute Gasteiger partial charge is 0.407 e. The van der Waals surface area contributed by atoms with Crippen LogP contribution in [-0.2, 0) is 4.74 Å². The maximum Gasteiger partial charge on any atom is 0.407 e. The third kappa shape index (κ3) is 6.50. The van der Waals surface area contributed by atoms with Crippen molar-refractivity contribution in [1.29, 1.82) is 0 Å². The van der Waals surface area contributed by atoms with E-state index in [1.165, 1.54) is 0 Å². The van der Waals surface area contributed by atoms with Crippen molar-refractivity contribution in [3.8, 4) is 0 Å². The average molecular weight is 297 g/mol. The SMILES string of the molecule is Cc1ccc(C(O)C(O)CCNC(=O)OC(C)(C)C)nn1. The zero-order chi connectivity index (χ0) is 16.0. The van der Waals surface area contributed by atoms with Crippen LogP contribution < -0.4 is 5.32 Å². The van der Waals surface area contributed by atoms with Gasteiger partial charge in [-0.25, -0.2) is 4.79 Å². The highest BCUT2D eigenvalue weighted by Gasteiger charge is 2.21. The molecule has 1 heterocycles. The molecule has 7 nitrogen and oxygen atoms in total. The molecule has 1 aromatic heterocycles. The number of alkyl carbamates (subject to hydrolysis) is 1. The molecule has 1 aromatic rings. The summed E-state index contributed by atoms with van der Waals surface area (Å²) in [4.78, 5) is 11.4. The molecular formula is C14H23N3O4. The van der Waals surface area contributed by atoms with E-state index >= 15 is 0 Å². The third-order valence-electron chi connectivity index (χ3n) is 2.59. The predicted octanol–water partition coefficient (Wildman–Crippen LogP) is 1.09. The van der Waals surface area contributed by atoms with Crippen LogP contribution in [0.1, 0.15) is 44.7 Å². The fourth-order valence-electron chi connectivity index (χ4n) is 1.56. The lowest BCUT2D eigenvalue weighted by molar-refractivity contribution is 0.00942. The number of aliphatic hydroxyl groups excluding tert-OH is 2. The van der Waals surface area contributed by atoms with Gasteiger partial charge in [0.25, 0.3) is 0 Å². The Balaban J connectivity index is 2.38. The second-order valence-electron chi connectivity index (χ2n) is 5.83. The molecule has 2 atom stereocenters. The molecule has 0 saturated heterocycles. The molecule has 0 aliphatic carbocycles. The summed E-state index contributed by atoms with van der Waals surface area (Å²) in [6.45, 7) is 7.26. The molecule has 0 bridgehead atoms. The van der Waals surface area contributed by atoms with E-state index in [1.807, 2.05) is 0 Å². The highest BCUT2D eigenvalue weighted by Crippen LogP contribution is 2.16. The monoisotopic (exact) mass is 297 g/mol. The molecule has 7 heteroatoms. The van der Waals surface area contributed by atoms with Gasteiger partial charge in [0.2, 0.25) is 0 Å². The molecule has 0 fully saturated rings. The number of rotatable bonds is 5. The van der Waals surface area contributed by atoms with Crippen LogP contribution >= 0.6 is 0 Å². The molecule has 1 amide bonds. The maximum atomic E-state index is 11.4. The van der Waals surface area contributed by atoms with E-state index in [2.05, 4.69) is 15.5 Å². The lowest BCUT2D eigenvalue weighted by atomic mass is 10.1. The Bertz CT molecular complexity index is 456. The summed E-state index contributed by atoms with van der Waals surface area (Å²) >= 11 is 0. The standard InChI is InChI=1S/C14H23N3O4/c1-9-5-6-10(17-16-9)12(19)11(18)7-8-15-13(20)21-14(2,3)4/h5-6,11-12,18-19H,7-8H2,1-4H3,(H,15,20). The molecule has 21 heavy (non-hydrogen) atoms. The van der Waals surface area contributed by atoms with Crippen LogP contribution in [0.4, 0.5) is 4.79 Å². The predicted molar refractivity (Wildman–Crippen MR) is 76.6 cm³/mol. The van der Waals surface area contributed by atoms with E-state index in [-0.39, 0.29) is 13.0 Å². The quantitative estimate of drug-likeness (QED) is 0.751. The van der Waals surface area contributed by atoms with Gasteiger partial charge in [-0.2, -0.15) is 10.2 Å². The summed E-state index contributed by atoms with van der Waals surface area (Å²) in [6.07, 6.45) is -2.56. The minimum absolute atomic E-state index is 0.177. The van der Waals surface area contributed by atoms with Crippen LogP contribution in [0.15, 0.2) is 12.1 Å². The van der Waals surface area contributed by atoms with E-state index in [1.54, 1.807) is 39.8 Å². The van der Waals surface area contributed by atoms with Crippen molar-refractivity contribution >= 4 is 6.09 Å². The lowest BCUT2D eigenvalue weighted by Gasteiger charge is -2.21. The number of nitrogens with zero attached hydrogens (tertiary/aromatic N) is 2. The van der Waals surface area contributed by atoms with Crippen molar-refractivity contribution in [2.75, 3.05) is 6.54 Å². The Morgan fingerprint density at radius 1 is 1.33 bits per heavy atom. The zero-order valence-corrected chi connectivity index (χ0v) is 12.8. The summed E-state index contributed by atoms with van der Waals surface area (Å²) in [7, 11) is 0. The molecule has 0 aliphatic heterocycles. The van der Waals surface area contributed by atoms with E-state index < -0.39 is 23.9 Å². The molecule has 0 radical (unpaired) electrons. The zero-order valence-electron chi connectivity index (χ0n) is 12.8. The van der Waals surface area contributed by atoms with Crippen molar-refractivity contribution in [2.45, 2.75) is 51.9 Å². The molecule has 118 valence electrons. The molecule has 2 unspecified atom stereocenters. The number of nitrogens with one attached hydrogen (secondary N) is 1. The first kappa shape index (κ1) is 17.3. The average Bonchev–Trinajstić information content (AvgIpc) is 2.36. The summed E-state index contributed by atoms with van der Waals surface area (Å²) in [5.74, 6) is 0. The van der Waals surface area contributed by atoms with Crippen LogP contribution in [0, 0.1) is 6.92 Å². The summed E-state index contributed by atoms with van der Waals surface area (Å²) in [5.41, 5.74) is 0.456. The van der Waals surface area contributed by atoms with Gasteiger partial charge in [0, 0.05) is 6.54 Å². The second kappa shape index (κ2) is 7.33. The Labute approximate surface area is 124 Å². The van der Waals surface area contributed by atoms with E-state index in [4.69, 9.17) is 4.74 Å². The van der Waals surface area contributed by atoms with Crippen molar-refractivity contribution in [2.24, 2.45) is 0 Å². The van der Waals surface area contributed by atoms with Crippen molar-refractivity contribution in [3.05, 3.63) is 23.5 Å². The Kier molecular flexibility index (Phi) is 6.04. The van der Waals surface area contributed by atoms with Crippen molar-refractivity contribution in [3.63, 3.8) is 0 Å². The van der Waals surface area contributed by atoms with Crippen LogP contribution in [0.25, 0.3) is 0 Å². The molecule has 0 aliphatic rings.